The number of aliphatic hydroxyl groups is 2. The van der Waals surface area contributed by atoms with E-state index in [0.717, 1.165) is 25.7 Å². The van der Waals surface area contributed by atoms with Gasteiger partial charge >= 0.3 is 0 Å². The minimum atomic E-state index is -0.477. The van der Waals surface area contributed by atoms with Crippen molar-refractivity contribution >= 4 is 5.91 Å². The SMILES string of the molecule is O=C1CC(O)CN1C1CCC(O)CC1. The fraction of sp³-hybridized carbons (Fsp3) is 0.900. The van der Waals surface area contributed by atoms with E-state index < -0.39 is 6.10 Å². The van der Waals surface area contributed by atoms with Crippen molar-refractivity contribution in [2.24, 2.45) is 0 Å². The topological polar surface area (TPSA) is 60.8 Å². The summed E-state index contributed by atoms with van der Waals surface area (Å²) in [7, 11) is 0. The van der Waals surface area contributed by atoms with Crippen LogP contribution < -0.4 is 0 Å². The van der Waals surface area contributed by atoms with Crippen molar-refractivity contribution < 1.29 is 15.0 Å². The second-order valence-electron chi connectivity index (χ2n) is 4.37. The van der Waals surface area contributed by atoms with E-state index >= 15 is 0 Å². The molecule has 1 atom stereocenters. The Morgan fingerprint density at radius 3 is 2.21 bits per heavy atom. The third kappa shape index (κ3) is 1.91. The second kappa shape index (κ2) is 3.87. The fourth-order valence-electron chi connectivity index (χ4n) is 2.43. The van der Waals surface area contributed by atoms with Gasteiger partial charge in [-0.15, -0.1) is 0 Å². The van der Waals surface area contributed by atoms with Gasteiger partial charge in [-0.1, -0.05) is 0 Å². The average Bonchev–Trinajstić information content (AvgIpc) is 2.47. The summed E-state index contributed by atoms with van der Waals surface area (Å²) in [5, 5.41) is 18.7. The van der Waals surface area contributed by atoms with Gasteiger partial charge in [0, 0.05) is 12.6 Å². The molecule has 0 aromatic heterocycles. The summed E-state index contributed by atoms with van der Waals surface area (Å²) in [5.74, 6) is 0.0684. The molecular formula is C10H17NO3. The first-order valence-corrected chi connectivity index (χ1v) is 5.32. The van der Waals surface area contributed by atoms with Crippen molar-refractivity contribution in [3.8, 4) is 0 Å². The Labute approximate surface area is 83.5 Å². The Kier molecular flexibility index (Phi) is 2.74. The Morgan fingerprint density at radius 1 is 1.07 bits per heavy atom. The number of hydrogen-bond donors (Lipinski definition) is 2. The highest BCUT2D eigenvalue weighted by molar-refractivity contribution is 5.79. The molecule has 1 aliphatic heterocycles. The Bertz CT molecular complexity index is 223. The number of carbonyl (C=O) groups is 1. The lowest BCUT2D eigenvalue weighted by Crippen LogP contribution is -2.40. The number of aliphatic hydroxyl groups excluding tert-OH is 2. The number of carbonyl (C=O) groups excluding carboxylic acids is 1. The summed E-state index contributed by atoms with van der Waals surface area (Å²) in [6.45, 7) is 0.486. The Hall–Kier alpha value is -0.610. The van der Waals surface area contributed by atoms with E-state index in [1.807, 2.05) is 0 Å². The number of nitrogens with zero attached hydrogens (tertiary/aromatic N) is 1. The van der Waals surface area contributed by atoms with E-state index in [9.17, 15) is 15.0 Å². The molecular weight excluding hydrogens is 182 g/mol. The molecule has 0 aromatic carbocycles. The van der Waals surface area contributed by atoms with Gasteiger partial charge < -0.3 is 15.1 Å². The van der Waals surface area contributed by atoms with Gasteiger partial charge in [-0.2, -0.15) is 0 Å². The maximum absolute atomic E-state index is 11.5. The lowest BCUT2D eigenvalue weighted by atomic mass is 9.92. The van der Waals surface area contributed by atoms with Crippen LogP contribution in [0.2, 0.25) is 0 Å². The molecule has 1 saturated heterocycles. The van der Waals surface area contributed by atoms with Crippen LogP contribution >= 0.6 is 0 Å². The molecule has 2 N–H and O–H groups in total. The van der Waals surface area contributed by atoms with Gasteiger partial charge in [0.15, 0.2) is 0 Å². The molecule has 1 saturated carbocycles. The van der Waals surface area contributed by atoms with E-state index in [2.05, 4.69) is 0 Å². The van der Waals surface area contributed by atoms with Crippen molar-refractivity contribution in [3.63, 3.8) is 0 Å². The normalized spacial score (nSPS) is 39.1. The highest BCUT2D eigenvalue weighted by Gasteiger charge is 2.34. The molecule has 0 radical (unpaired) electrons. The van der Waals surface area contributed by atoms with Crippen LogP contribution in [-0.4, -0.2) is 45.8 Å². The summed E-state index contributed by atoms with van der Waals surface area (Å²) in [6, 6.07) is 0.253. The van der Waals surface area contributed by atoms with E-state index in [0.29, 0.717) is 6.54 Å². The minimum absolute atomic E-state index is 0.0684. The Balaban J connectivity index is 1.92. The zero-order valence-electron chi connectivity index (χ0n) is 8.22. The monoisotopic (exact) mass is 199 g/mol. The van der Waals surface area contributed by atoms with E-state index in [4.69, 9.17) is 0 Å². The third-order valence-electron chi connectivity index (χ3n) is 3.25. The van der Waals surface area contributed by atoms with Crippen LogP contribution in [0, 0.1) is 0 Å². The first kappa shape index (κ1) is 9.93. The first-order valence-electron chi connectivity index (χ1n) is 5.32. The molecule has 1 aliphatic carbocycles. The maximum Gasteiger partial charge on any atom is 0.225 e. The molecule has 0 bridgehead atoms. The average molecular weight is 199 g/mol. The zero-order chi connectivity index (χ0) is 10.1. The zero-order valence-corrected chi connectivity index (χ0v) is 8.22. The van der Waals surface area contributed by atoms with Crippen LogP contribution in [0.15, 0.2) is 0 Å². The summed E-state index contributed by atoms with van der Waals surface area (Å²) < 4.78 is 0. The van der Waals surface area contributed by atoms with Crippen LogP contribution in [0.4, 0.5) is 0 Å². The Morgan fingerprint density at radius 2 is 1.71 bits per heavy atom. The number of hydrogen-bond acceptors (Lipinski definition) is 3. The summed E-state index contributed by atoms with van der Waals surface area (Å²) in [4.78, 5) is 13.3. The molecule has 1 heterocycles. The second-order valence-corrected chi connectivity index (χ2v) is 4.37. The van der Waals surface area contributed by atoms with Gasteiger partial charge in [0.1, 0.15) is 0 Å². The number of likely N-dealkylation sites (tertiary alicyclic amines) is 1. The van der Waals surface area contributed by atoms with Crippen molar-refractivity contribution in [1.29, 1.82) is 0 Å². The van der Waals surface area contributed by atoms with Gasteiger partial charge in [0.05, 0.1) is 18.6 Å². The fourth-order valence-corrected chi connectivity index (χ4v) is 2.43. The smallest absolute Gasteiger partial charge is 0.225 e. The third-order valence-corrected chi connectivity index (χ3v) is 3.25. The lowest BCUT2D eigenvalue weighted by molar-refractivity contribution is -0.130. The van der Waals surface area contributed by atoms with Gasteiger partial charge in [0.25, 0.3) is 0 Å². The molecule has 2 aliphatic rings. The highest BCUT2D eigenvalue weighted by atomic mass is 16.3. The molecule has 1 unspecified atom stereocenters. The van der Waals surface area contributed by atoms with Crippen LogP contribution in [0.25, 0.3) is 0 Å². The van der Waals surface area contributed by atoms with E-state index in [1.165, 1.54) is 0 Å². The van der Waals surface area contributed by atoms with E-state index in [1.54, 1.807) is 4.90 Å². The molecule has 2 rings (SSSR count). The maximum atomic E-state index is 11.5. The molecule has 4 heteroatoms. The van der Waals surface area contributed by atoms with Crippen LogP contribution in [0.1, 0.15) is 32.1 Å². The van der Waals surface area contributed by atoms with Gasteiger partial charge in [-0.25, -0.2) is 0 Å². The number of β-amino-alcohol motifs (C(OH)–C–C–N with tert-alkyl or cyclic N) is 1. The van der Waals surface area contributed by atoms with Crippen molar-refractivity contribution in [3.05, 3.63) is 0 Å². The van der Waals surface area contributed by atoms with Gasteiger partial charge in [-0.3, -0.25) is 4.79 Å². The number of rotatable bonds is 1. The molecule has 14 heavy (non-hydrogen) atoms. The van der Waals surface area contributed by atoms with Crippen molar-refractivity contribution in [1.82, 2.24) is 4.90 Å². The molecule has 0 aromatic rings. The largest absolute Gasteiger partial charge is 0.393 e. The van der Waals surface area contributed by atoms with Crippen LogP contribution in [-0.2, 0) is 4.79 Å². The highest BCUT2D eigenvalue weighted by Crippen LogP contribution is 2.26. The predicted octanol–water partition coefficient (Wildman–Crippen LogP) is -0.117. The summed E-state index contributed by atoms with van der Waals surface area (Å²) in [5.41, 5.74) is 0. The standard InChI is InChI=1S/C10H17NO3/c12-8-3-1-7(2-4-8)11-6-9(13)5-10(11)14/h7-9,12-13H,1-6H2. The van der Waals surface area contributed by atoms with Crippen LogP contribution in [0.5, 0.6) is 0 Å². The summed E-state index contributed by atoms with van der Waals surface area (Å²) in [6.07, 6.45) is 2.93. The first-order chi connectivity index (χ1) is 6.66. The van der Waals surface area contributed by atoms with Crippen molar-refractivity contribution in [2.75, 3.05) is 6.54 Å². The summed E-state index contributed by atoms with van der Waals surface area (Å²) >= 11 is 0. The van der Waals surface area contributed by atoms with Crippen molar-refractivity contribution in [2.45, 2.75) is 50.4 Å². The predicted molar refractivity (Wildman–Crippen MR) is 50.6 cm³/mol. The molecule has 0 spiro atoms. The molecule has 4 nitrogen and oxygen atoms in total. The molecule has 80 valence electrons. The molecule has 1 amide bonds. The molecule has 2 fully saturated rings. The van der Waals surface area contributed by atoms with Crippen LogP contribution in [0.3, 0.4) is 0 Å². The lowest BCUT2D eigenvalue weighted by Gasteiger charge is -2.32. The number of amides is 1. The van der Waals surface area contributed by atoms with Gasteiger partial charge in [0.2, 0.25) is 5.91 Å². The quantitative estimate of drug-likeness (QED) is 0.619. The minimum Gasteiger partial charge on any atom is -0.393 e. The van der Waals surface area contributed by atoms with Gasteiger partial charge in [-0.05, 0) is 25.7 Å². The van der Waals surface area contributed by atoms with E-state index in [-0.39, 0.29) is 24.5 Å².